The molecule has 1 aromatic heterocycles. The molecule has 3 N–H and O–H groups in total. The summed E-state index contributed by atoms with van der Waals surface area (Å²) in [5.74, 6) is -1.06. The number of carbonyl (C=O) groups excluding carboxylic acids is 1. The summed E-state index contributed by atoms with van der Waals surface area (Å²) < 4.78 is 33.5. The van der Waals surface area contributed by atoms with Crippen molar-refractivity contribution >= 4 is 41.0 Å². The number of amidine groups is 1. The predicted molar refractivity (Wildman–Crippen MR) is 112 cm³/mol. The Balaban J connectivity index is 1.75. The molecule has 6 nitrogen and oxygen atoms in total. The molecule has 0 spiro atoms. The van der Waals surface area contributed by atoms with Gasteiger partial charge in [-0.05, 0) is 55.4 Å². The molecule has 0 aliphatic carbocycles. The van der Waals surface area contributed by atoms with Gasteiger partial charge in [-0.1, -0.05) is 0 Å². The van der Waals surface area contributed by atoms with Crippen molar-refractivity contribution in [3.05, 3.63) is 53.6 Å². The Bertz CT molecular complexity index is 979. The van der Waals surface area contributed by atoms with Gasteiger partial charge in [0.2, 0.25) is 0 Å². The zero-order chi connectivity index (χ0) is 22.1. The Labute approximate surface area is 176 Å². The maximum Gasteiger partial charge on any atom is 0.274 e. The first-order valence-corrected chi connectivity index (χ1v) is 9.10. The molecule has 1 aliphatic heterocycles. The van der Waals surface area contributed by atoms with Crippen molar-refractivity contribution in [1.29, 1.82) is 0 Å². The quantitative estimate of drug-likeness (QED) is 0.746. The summed E-state index contributed by atoms with van der Waals surface area (Å²) in [4.78, 5) is 20.5. The fraction of sp³-hybridized carbons (Fsp3) is 0.316. The van der Waals surface area contributed by atoms with Gasteiger partial charge in [-0.3, -0.25) is 9.79 Å². The smallest absolute Gasteiger partial charge is 0.274 e. The van der Waals surface area contributed by atoms with Crippen LogP contribution in [0.4, 0.5) is 14.5 Å². The second-order valence-corrected chi connectivity index (χ2v) is 7.29. The first-order valence-electron chi connectivity index (χ1n) is 9.10. The third-order valence-corrected chi connectivity index (χ3v) is 4.59. The van der Waals surface area contributed by atoms with E-state index in [0.717, 1.165) is 0 Å². The van der Waals surface area contributed by atoms with Crippen molar-refractivity contribution in [1.82, 2.24) is 4.98 Å². The van der Waals surface area contributed by atoms with Gasteiger partial charge in [0.05, 0.1) is 12.2 Å². The summed E-state index contributed by atoms with van der Waals surface area (Å²) in [7, 11) is 16.0. The van der Waals surface area contributed by atoms with Crippen molar-refractivity contribution < 1.29 is 18.3 Å². The van der Waals surface area contributed by atoms with Gasteiger partial charge in [0, 0.05) is 11.3 Å². The van der Waals surface area contributed by atoms with E-state index in [-0.39, 0.29) is 35.7 Å². The van der Waals surface area contributed by atoms with Crippen LogP contribution in [0.3, 0.4) is 0 Å². The molecule has 1 aliphatic rings. The zero-order valence-corrected chi connectivity index (χ0v) is 16.2. The van der Waals surface area contributed by atoms with E-state index in [9.17, 15) is 13.6 Å². The molecule has 1 aromatic carbocycles. The highest BCUT2D eigenvalue weighted by Crippen LogP contribution is 2.35. The van der Waals surface area contributed by atoms with Crippen LogP contribution in [0.15, 0.2) is 41.5 Å². The third kappa shape index (κ3) is 5.20. The van der Waals surface area contributed by atoms with Crippen molar-refractivity contribution in [3.8, 4) is 5.75 Å². The van der Waals surface area contributed by atoms with Gasteiger partial charge in [0.1, 0.15) is 46.6 Å². The van der Waals surface area contributed by atoms with Crippen LogP contribution in [0.25, 0.3) is 0 Å². The van der Waals surface area contributed by atoms with Crippen LogP contribution in [-0.4, -0.2) is 51.2 Å². The van der Waals surface area contributed by atoms with Crippen LogP contribution < -0.4 is 15.8 Å². The predicted octanol–water partition coefficient (Wildman–Crippen LogP) is 1.89. The molecular weight excluding hydrogens is 387 g/mol. The van der Waals surface area contributed by atoms with E-state index in [1.807, 2.05) is 0 Å². The maximum absolute atomic E-state index is 14.3. The summed E-state index contributed by atoms with van der Waals surface area (Å²) in [6.45, 7) is 1.34. The summed E-state index contributed by atoms with van der Waals surface area (Å²) in [6, 6.07) is 6.22. The standard InChI is InChI=1S/C19H17B3F2N4O2/c1-18(24)7-6-14(28-17(18)25)12-8-10(2-4-13(12)23)27-16(29)15-5-3-11(9-26-15)30-19(20,21)22/h2-5,8-9,14H,6-7H2,1H3,(H2,25,28)(H,27,29)/t14?,18-/m0/s1. The van der Waals surface area contributed by atoms with Crippen LogP contribution in [0, 0.1) is 5.82 Å². The zero-order valence-electron chi connectivity index (χ0n) is 16.2. The van der Waals surface area contributed by atoms with Crippen LogP contribution in [0.2, 0.25) is 0 Å². The third-order valence-electron chi connectivity index (χ3n) is 4.59. The number of alkyl halides is 1. The van der Waals surface area contributed by atoms with Gasteiger partial charge in [-0.25, -0.2) is 13.8 Å². The number of ether oxygens (including phenoxy) is 1. The Morgan fingerprint density at radius 2 is 2.07 bits per heavy atom. The van der Waals surface area contributed by atoms with Crippen molar-refractivity contribution in [3.63, 3.8) is 0 Å². The number of benzene rings is 1. The van der Waals surface area contributed by atoms with E-state index < -0.39 is 28.7 Å². The second kappa shape index (κ2) is 8.12. The molecule has 1 unspecified atom stereocenters. The lowest BCUT2D eigenvalue weighted by Crippen LogP contribution is -2.40. The van der Waals surface area contributed by atoms with Gasteiger partial charge in [0.15, 0.2) is 5.67 Å². The molecule has 3 rings (SSSR count). The van der Waals surface area contributed by atoms with Crippen molar-refractivity contribution in [2.24, 2.45) is 10.7 Å². The number of nitrogens with one attached hydrogen (secondary N) is 1. The molecular formula is C19H17B3F2N4O2. The van der Waals surface area contributed by atoms with Gasteiger partial charge in [-0.2, -0.15) is 0 Å². The number of aliphatic imine (C=N–C) groups is 1. The van der Waals surface area contributed by atoms with Gasteiger partial charge in [-0.15, -0.1) is 0 Å². The highest BCUT2D eigenvalue weighted by Gasteiger charge is 2.35. The Kier molecular flexibility index (Phi) is 5.92. The number of carbonyl (C=O) groups is 1. The van der Waals surface area contributed by atoms with Crippen molar-refractivity contribution in [2.45, 2.75) is 36.8 Å². The van der Waals surface area contributed by atoms with E-state index in [0.29, 0.717) is 5.69 Å². The number of anilines is 1. The lowest BCUT2D eigenvalue weighted by Gasteiger charge is -2.28. The highest BCUT2D eigenvalue weighted by atomic mass is 19.1. The summed E-state index contributed by atoms with van der Waals surface area (Å²) >= 11 is 0. The van der Waals surface area contributed by atoms with Crippen LogP contribution in [0.1, 0.15) is 41.9 Å². The number of aromatic nitrogens is 1. The number of hydrogen-bond acceptors (Lipinski definition) is 5. The van der Waals surface area contributed by atoms with E-state index in [2.05, 4.69) is 15.3 Å². The summed E-state index contributed by atoms with van der Waals surface area (Å²) in [5.41, 5.74) is 4.57. The van der Waals surface area contributed by atoms with E-state index in [1.165, 1.54) is 43.5 Å². The van der Waals surface area contributed by atoms with Crippen molar-refractivity contribution in [2.75, 3.05) is 5.32 Å². The number of amides is 1. The molecule has 6 radical (unpaired) electrons. The Morgan fingerprint density at radius 1 is 1.33 bits per heavy atom. The van der Waals surface area contributed by atoms with E-state index in [4.69, 9.17) is 34.0 Å². The number of nitrogens with zero attached hydrogens (tertiary/aromatic N) is 2. The average molecular weight is 404 g/mol. The Morgan fingerprint density at radius 3 is 2.67 bits per heavy atom. The topological polar surface area (TPSA) is 89.6 Å². The summed E-state index contributed by atoms with van der Waals surface area (Å²) in [5, 5.41) is 0.749. The molecule has 1 amide bonds. The maximum atomic E-state index is 14.3. The van der Waals surface area contributed by atoms with Gasteiger partial charge >= 0.3 is 0 Å². The number of rotatable bonds is 5. The molecule has 2 atom stereocenters. The molecule has 11 heteroatoms. The lowest BCUT2D eigenvalue weighted by molar-refractivity contribution is 0.102. The van der Waals surface area contributed by atoms with Crippen LogP contribution in [-0.2, 0) is 0 Å². The number of nitrogens with two attached hydrogens (primary N) is 1. The minimum Gasteiger partial charge on any atom is -0.514 e. The van der Waals surface area contributed by atoms with Crippen LogP contribution >= 0.6 is 0 Å². The molecule has 2 heterocycles. The Hall–Kier alpha value is -2.84. The molecule has 0 saturated carbocycles. The van der Waals surface area contributed by atoms with Gasteiger partial charge in [0.25, 0.3) is 5.91 Å². The van der Waals surface area contributed by atoms with Gasteiger partial charge < -0.3 is 15.8 Å². The molecule has 0 fully saturated rings. The monoisotopic (exact) mass is 404 g/mol. The number of pyridine rings is 1. The fourth-order valence-electron chi connectivity index (χ4n) is 2.98. The molecule has 30 heavy (non-hydrogen) atoms. The molecule has 2 aromatic rings. The fourth-order valence-corrected chi connectivity index (χ4v) is 2.98. The van der Waals surface area contributed by atoms with E-state index >= 15 is 0 Å². The largest absolute Gasteiger partial charge is 0.514 e. The highest BCUT2D eigenvalue weighted by molar-refractivity contribution is 6.58. The minimum atomic E-state index is -1.87. The summed E-state index contributed by atoms with van der Waals surface area (Å²) in [6.07, 6.45) is 1.65. The second-order valence-electron chi connectivity index (χ2n) is 7.29. The first kappa shape index (κ1) is 21.9. The van der Waals surface area contributed by atoms with Crippen LogP contribution in [0.5, 0.6) is 5.75 Å². The molecule has 148 valence electrons. The number of halogens is 2. The molecule has 0 saturated heterocycles. The lowest BCUT2D eigenvalue weighted by atomic mass is 9.52. The first-order chi connectivity index (χ1) is 13.9. The number of hydrogen-bond donors (Lipinski definition) is 2. The normalized spacial score (nSPS) is 21.6. The van der Waals surface area contributed by atoms with E-state index in [1.54, 1.807) is 0 Å². The average Bonchev–Trinajstić information content (AvgIpc) is 2.65. The SMILES string of the molecule is [B]C([B])([B])Oc1ccc(C(=O)Nc2ccc(F)c(C3CC[C@](C)(F)C(N)=N3)c2)nc1. The minimum absolute atomic E-state index is 0.0676. The molecule has 0 bridgehead atoms.